The lowest BCUT2D eigenvalue weighted by molar-refractivity contribution is -0.138. The van der Waals surface area contributed by atoms with E-state index in [4.69, 9.17) is 10.8 Å². The van der Waals surface area contributed by atoms with Crippen LogP contribution < -0.4 is 5.73 Å². The van der Waals surface area contributed by atoms with Crippen molar-refractivity contribution in [1.82, 2.24) is 0 Å². The quantitative estimate of drug-likeness (QED) is 0.835. The molecular weight excluding hydrogens is 214 g/mol. The van der Waals surface area contributed by atoms with Crippen molar-refractivity contribution in [1.29, 1.82) is 0 Å². The number of carbonyl (C=O) groups is 1. The van der Waals surface area contributed by atoms with Gasteiger partial charge in [-0.05, 0) is 48.3 Å². The van der Waals surface area contributed by atoms with Gasteiger partial charge in [0.25, 0.3) is 0 Å². The van der Waals surface area contributed by atoms with Crippen molar-refractivity contribution in [3.05, 3.63) is 34.9 Å². The van der Waals surface area contributed by atoms with Crippen molar-refractivity contribution in [2.24, 2.45) is 17.6 Å². The Kier molecular flexibility index (Phi) is 2.44. The van der Waals surface area contributed by atoms with Crippen molar-refractivity contribution in [2.45, 2.75) is 31.7 Å². The molecule has 0 aromatic heterocycles. The second-order valence-corrected chi connectivity index (χ2v) is 5.25. The molecule has 0 saturated heterocycles. The molecule has 1 aromatic carbocycles. The summed E-state index contributed by atoms with van der Waals surface area (Å²) in [5, 5.41) is 8.92. The Morgan fingerprint density at radius 3 is 2.82 bits per heavy atom. The van der Waals surface area contributed by atoms with E-state index in [-0.39, 0.29) is 17.9 Å². The fourth-order valence-corrected chi connectivity index (χ4v) is 2.94. The Hall–Kier alpha value is -1.35. The maximum absolute atomic E-state index is 10.8. The van der Waals surface area contributed by atoms with E-state index >= 15 is 0 Å². The number of hydrogen-bond donors (Lipinski definition) is 2. The fraction of sp³-hybridized carbons (Fsp3) is 0.500. The topological polar surface area (TPSA) is 63.3 Å². The molecule has 3 N–H and O–H groups in total. The van der Waals surface area contributed by atoms with Gasteiger partial charge in [-0.1, -0.05) is 18.2 Å². The van der Waals surface area contributed by atoms with Crippen LogP contribution in [0.25, 0.3) is 0 Å². The van der Waals surface area contributed by atoms with Gasteiger partial charge >= 0.3 is 5.97 Å². The summed E-state index contributed by atoms with van der Waals surface area (Å²) in [6.45, 7) is 0. The number of hydrogen-bond acceptors (Lipinski definition) is 2. The predicted molar refractivity (Wildman–Crippen MR) is 64.6 cm³/mol. The van der Waals surface area contributed by atoms with Crippen molar-refractivity contribution in [2.75, 3.05) is 0 Å². The van der Waals surface area contributed by atoms with E-state index in [0.29, 0.717) is 0 Å². The van der Waals surface area contributed by atoms with Crippen molar-refractivity contribution in [3.63, 3.8) is 0 Å². The Morgan fingerprint density at radius 1 is 1.35 bits per heavy atom. The highest BCUT2D eigenvalue weighted by atomic mass is 16.4. The molecule has 2 aliphatic carbocycles. The van der Waals surface area contributed by atoms with Crippen LogP contribution in [0.3, 0.4) is 0 Å². The molecule has 1 fully saturated rings. The van der Waals surface area contributed by atoms with Crippen LogP contribution in [0.1, 0.15) is 35.6 Å². The van der Waals surface area contributed by atoms with Gasteiger partial charge in [0, 0.05) is 6.04 Å². The fourth-order valence-electron chi connectivity index (χ4n) is 2.94. The highest BCUT2D eigenvalue weighted by Gasteiger charge is 2.47. The number of nitrogens with two attached hydrogens (primary N) is 1. The third-order valence-electron chi connectivity index (χ3n) is 4.13. The Morgan fingerprint density at radius 2 is 2.12 bits per heavy atom. The summed E-state index contributed by atoms with van der Waals surface area (Å²) in [6, 6.07) is 6.31. The van der Waals surface area contributed by atoms with Gasteiger partial charge in [-0.25, -0.2) is 0 Å². The highest BCUT2D eigenvalue weighted by molar-refractivity contribution is 5.73. The lowest BCUT2D eigenvalue weighted by atomic mass is 9.98. The van der Waals surface area contributed by atoms with Crippen LogP contribution in [0, 0.1) is 11.8 Å². The number of rotatable bonds is 3. The molecule has 0 radical (unpaired) electrons. The van der Waals surface area contributed by atoms with E-state index < -0.39 is 5.97 Å². The number of aliphatic carboxylic acids is 1. The van der Waals surface area contributed by atoms with Gasteiger partial charge in [-0.15, -0.1) is 0 Å². The molecule has 17 heavy (non-hydrogen) atoms. The standard InChI is InChI=1S/C14H17NO2/c15-13(11-7-12(11)14(16)17)10-5-4-8-2-1-3-9(8)6-10/h4-6,11-13H,1-3,7,15H2,(H,16,17). The average molecular weight is 231 g/mol. The molecule has 1 aromatic rings. The Bertz CT molecular complexity index is 469. The van der Waals surface area contributed by atoms with E-state index in [9.17, 15) is 4.79 Å². The zero-order valence-corrected chi connectivity index (χ0v) is 9.73. The molecule has 0 heterocycles. The summed E-state index contributed by atoms with van der Waals surface area (Å²) in [4.78, 5) is 10.8. The zero-order chi connectivity index (χ0) is 12.0. The lowest BCUT2D eigenvalue weighted by Gasteiger charge is -2.13. The SMILES string of the molecule is NC(c1ccc2c(c1)CCC2)C1CC1C(=O)O. The summed E-state index contributed by atoms with van der Waals surface area (Å²) >= 11 is 0. The zero-order valence-electron chi connectivity index (χ0n) is 9.73. The molecule has 2 aliphatic rings. The van der Waals surface area contributed by atoms with Crippen molar-refractivity contribution >= 4 is 5.97 Å². The molecule has 0 amide bonds. The van der Waals surface area contributed by atoms with Gasteiger partial charge in [0.05, 0.1) is 5.92 Å². The first-order valence-electron chi connectivity index (χ1n) is 6.27. The minimum absolute atomic E-state index is 0.109. The molecule has 0 bridgehead atoms. The van der Waals surface area contributed by atoms with Gasteiger partial charge in [-0.2, -0.15) is 0 Å². The molecule has 3 nitrogen and oxygen atoms in total. The van der Waals surface area contributed by atoms with E-state index in [1.165, 1.54) is 24.0 Å². The summed E-state index contributed by atoms with van der Waals surface area (Å²) in [5.41, 5.74) is 10.1. The summed E-state index contributed by atoms with van der Waals surface area (Å²) in [5.74, 6) is -0.795. The molecule has 3 heteroatoms. The number of carboxylic acid groups (broad SMARTS) is 1. The molecule has 90 valence electrons. The minimum atomic E-state index is -0.702. The van der Waals surface area contributed by atoms with E-state index in [0.717, 1.165) is 18.4 Å². The van der Waals surface area contributed by atoms with Crippen LogP contribution >= 0.6 is 0 Å². The van der Waals surface area contributed by atoms with Crippen LogP contribution in [-0.4, -0.2) is 11.1 Å². The maximum atomic E-state index is 10.8. The molecule has 3 atom stereocenters. The summed E-state index contributed by atoms with van der Waals surface area (Å²) in [6.07, 6.45) is 4.28. The van der Waals surface area contributed by atoms with Crippen LogP contribution in [0.15, 0.2) is 18.2 Å². The van der Waals surface area contributed by atoms with Crippen LogP contribution in [0.5, 0.6) is 0 Å². The molecule has 3 unspecified atom stereocenters. The van der Waals surface area contributed by atoms with Crippen LogP contribution in [0.2, 0.25) is 0 Å². The minimum Gasteiger partial charge on any atom is -0.481 e. The highest BCUT2D eigenvalue weighted by Crippen LogP contribution is 2.46. The lowest BCUT2D eigenvalue weighted by Crippen LogP contribution is -2.16. The van der Waals surface area contributed by atoms with Gasteiger partial charge < -0.3 is 10.8 Å². The Balaban J connectivity index is 1.79. The van der Waals surface area contributed by atoms with Crippen LogP contribution in [-0.2, 0) is 17.6 Å². The second kappa shape index (κ2) is 3.84. The van der Waals surface area contributed by atoms with E-state index in [1.54, 1.807) is 0 Å². The first-order valence-corrected chi connectivity index (χ1v) is 6.27. The van der Waals surface area contributed by atoms with E-state index in [2.05, 4.69) is 18.2 Å². The monoisotopic (exact) mass is 231 g/mol. The molecular formula is C14H17NO2. The smallest absolute Gasteiger partial charge is 0.306 e. The number of carboxylic acids is 1. The molecule has 0 aliphatic heterocycles. The predicted octanol–water partition coefficient (Wildman–Crippen LogP) is 1.90. The number of benzene rings is 1. The number of aryl methyl sites for hydroxylation is 2. The van der Waals surface area contributed by atoms with Crippen molar-refractivity contribution in [3.8, 4) is 0 Å². The first kappa shape index (κ1) is 10.8. The molecule has 1 saturated carbocycles. The number of fused-ring (bicyclic) bond motifs is 1. The molecule has 0 spiro atoms. The van der Waals surface area contributed by atoms with Crippen LogP contribution in [0.4, 0.5) is 0 Å². The summed E-state index contributed by atoms with van der Waals surface area (Å²) < 4.78 is 0. The average Bonchev–Trinajstić information content (AvgIpc) is 2.99. The third-order valence-corrected chi connectivity index (χ3v) is 4.13. The molecule has 3 rings (SSSR count). The van der Waals surface area contributed by atoms with Crippen molar-refractivity contribution < 1.29 is 9.90 Å². The normalized spacial score (nSPS) is 27.6. The van der Waals surface area contributed by atoms with Gasteiger partial charge in [0.15, 0.2) is 0 Å². The maximum Gasteiger partial charge on any atom is 0.306 e. The Labute approximate surface area is 101 Å². The first-order chi connectivity index (χ1) is 8.16. The van der Waals surface area contributed by atoms with Gasteiger partial charge in [0.1, 0.15) is 0 Å². The van der Waals surface area contributed by atoms with Gasteiger partial charge in [0.2, 0.25) is 0 Å². The second-order valence-electron chi connectivity index (χ2n) is 5.25. The summed E-state index contributed by atoms with van der Waals surface area (Å²) in [7, 11) is 0. The van der Waals surface area contributed by atoms with E-state index in [1.807, 2.05) is 0 Å². The third kappa shape index (κ3) is 1.84. The van der Waals surface area contributed by atoms with Gasteiger partial charge in [-0.3, -0.25) is 4.79 Å². The largest absolute Gasteiger partial charge is 0.481 e.